The van der Waals surface area contributed by atoms with E-state index < -0.39 is 0 Å². The van der Waals surface area contributed by atoms with E-state index in [4.69, 9.17) is 9.72 Å². The Morgan fingerprint density at radius 1 is 0.946 bits per heavy atom. The van der Waals surface area contributed by atoms with Crippen LogP contribution in [-0.4, -0.2) is 56.4 Å². The molecule has 1 saturated heterocycles. The summed E-state index contributed by atoms with van der Waals surface area (Å²) < 4.78 is 10.2. The van der Waals surface area contributed by atoms with Crippen LogP contribution in [0.15, 0.2) is 78.9 Å². The zero-order valence-corrected chi connectivity index (χ0v) is 21.0. The van der Waals surface area contributed by atoms with Crippen molar-refractivity contribution < 1.29 is 14.3 Å². The third-order valence-electron chi connectivity index (χ3n) is 6.48. The zero-order chi connectivity index (χ0) is 25.6. The number of esters is 1. The molecule has 0 saturated carbocycles. The summed E-state index contributed by atoms with van der Waals surface area (Å²) in [5, 5.41) is 3.17. The van der Waals surface area contributed by atoms with Crippen LogP contribution in [0, 0.1) is 0 Å². The number of ether oxygens (including phenoxy) is 2. The van der Waals surface area contributed by atoms with E-state index in [-0.39, 0.29) is 5.97 Å². The molecule has 0 radical (unpaired) electrons. The molecule has 2 N–H and O–H groups in total. The van der Waals surface area contributed by atoms with E-state index in [1.54, 1.807) is 6.08 Å². The number of morpholine rings is 1. The van der Waals surface area contributed by atoms with Gasteiger partial charge < -0.3 is 24.7 Å². The van der Waals surface area contributed by atoms with Crippen molar-refractivity contribution in [2.24, 2.45) is 0 Å². The molecule has 1 aliphatic heterocycles. The van der Waals surface area contributed by atoms with E-state index in [0.717, 1.165) is 71.5 Å². The van der Waals surface area contributed by atoms with Crippen LogP contribution in [0.2, 0.25) is 0 Å². The molecule has 0 bridgehead atoms. The molecule has 4 aromatic rings. The Labute approximate surface area is 216 Å². The number of methoxy groups -OCH3 is 1. The molecule has 5 rings (SSSR count). The van der Waals surface area contributed by atoms with E-state index in [0.29, 0.717) is 0 Å². The number of anilines is 2. The van der Waals surface area contributed by atoms with Gasteiger partial charge in [0.05, 0.1) is 31.7 Å². The highest BCUT2D eigenvalue weighted by Crippen LogP contribution is 2.34. The number of benzene rings is 3. The van der Waals surface area contributed by atoms with Crippen LogP contribution in [0.25, 0.3) is 40.0 Å². The highest BCUT2D eigenvalue weighted by molar-refractivity contribution is 5.87. The Bertz CT molecular complexity index is 1370. The van der Waals surface area contributed by atoms with E-state index in [9.17, 15) is 4.79 Å². The zero-order valence-electron chi connectivity index (χ0n) is 21.0. The van der Waals surface area contributed by atoms with Crippen LogP contribution < -0.4 is 10.2 Å². The van der Waals surface area contributed by atoms with E-state index >= 15 is 0 Å². The van der Waals surface area contributed by atoms with Crippen LogP contribution >= 0.6 is 0 Å². The van der Waals surface area contributed by atoms with Gasteiger partial charge in [-0.05, 0) is 35.9 Å². The quantitative estimate of drug-likeness (QED) is 0.262. The summed E-state index contributed by atoms with van der Waals surface area (Å²) >= 11 is 0. The Morgan fingerprint density at radius 2 is 1.59 bits per heavy atom. The van der Waals surface area contributed by atoms with Gasteiger partial charge in [-0.15, -0.1) is 0 Å². The largest absolute Gasteiger partial charge is 0.466 e. The van der Waals surface area contributed by atoms with Crippen LogP contribution in [0.4, 0.5) is 11.4 Å². The van der Waals surface area contributed by atoms with Gasteiger partial charge >= 0.3 is 5.97 Å². The predicted molar refractivity (Wildman–Crippen MR) is 149 cm³/mol. The standard InChI is InChI=1S/C30H30N4O3/c1-31-25-12-8-22(9-13-25)28-29(23-10-14-26(15-11-23)34-17-19-37-20-18-34)33-30(32-28)24-6-3-21(4-7-24)5-16-27(35)36-2/h3-16,31H,17-20H2,1-2H3,(H,32,33). The lowest BCUT2D eigenvalue weighted by Crippen LogP contribution is -2.36. The summed E-state index contributed by atoms with van der Waals surface area (Å²) in [5.41, 5.74) is 8.07. The number of aromatic amines is 1. The second-order valence-electron chi connectivity index (χ2n) is 8.76. The Kier molecular flexibility index (Phi) is 7.33. The predicted octanol–water partition coefficient (Wildman–Crippen LogP) is 5.48. The number of aromatic nitrogens is 2. The van der Waals surface area contributed by atoms with Gasteiger partial charge in [-0.2, -0.15) is 0 Å². The van der Waals surface area contributed by atoms with Gasteiger partial charge in [0.2, 0.25) is 0 Å². The first kappa shape index (κ1) is 24.3. The molecule has 188 valence electrons. The molecule has 7 nitrogen and oxygen atoms in total. The number of rotatable bonds is 7. The molecular formula is C30H30N4O3. The van der Waals surface area contributed by atoms with Crippen LogP contribution in [0.5, 0.6) is 0 Å². The molecule has 0 amide bonds. The maximum absolute atomic E-state index is 11.4. The van der Waals surface area contributed by atoms with Gasteiger partial charge in [0.1, 0.15) is 5.82 Å². The number of nitrogens with one attached hydrogen (secondary N) is 2. The maximum atomic E-state index is 11.4. The fourth-order valence-corrected chi connectivity index (χ4v) is 4.37. The average Bonchev–Trinajstić information content (AvgIpc) is 3.42. The van der Waals surface area contributed by atoms with Crippen LogP contribution in [0.3, 0.4) is 0 Å². The van der Waals surface area contributed by atoms with Crippen LogP contribution in [0.1, 0.15) is 5.56 Å². The van der Waals surface area contributed by atoms with Crippen molar-refractivity contribution in [3.05, 3.63) is 84.4 Å². The molecule has 2 heterocycles. The fraction of sp³-hybridized carbons (Fsp3) is 0.200. The summed E-state index contributed by atoms with van der Waals surface area (Å²) in [6, 6.07) is 24.8. The summed E-state index contributed by atoms with van der Waals surface area (Å²) in [6.07, 6.45) is 3.14. The Hall–Kier alpha value is -4.36. The van der Waals surface area contributed by atoms with Gasteiger partial charge in [-0.1, -0.05) is 48.5 Å². The van der Waals surface area contributed by atoms with Crippen molar-refractivity contribution in [1.82, 2.24) is 9.97 Å². The van der Waals surface area contributed by atoms with Gasteiger partial charge in [-0.25, -0.2) is 9.78 Å². The number of H-pyrrole nitrogens is 1. The lowest BCUT2D eigenvalue weighted by molar-refractivity contribution is -0.134. The molecular weight excluding hydrogens is 464 g/mol. The average molecular weight is 495 g/mol. The molecule has 0 atom stereocenters. The molecule has 1 aromatic heterocycles. The van der Waals surface area contributed by atoms with Gasteiger partial charge in [0, 0.05) is 54.3 Å². The number of carbonyl (C=O) groups is 1. The van der Waals surface area contributed by atoms with E-state index in [2.05, 4.69) is 68.5 Å². The highest BCUT2D eigenvalue weighted by Gasteiger charge is 2.17. The van der Waals surface area contributed by atoms with Crippen LogP contribution in [-0.2, 0) is 14.3 Å². The first-order valence-electron chi connectivity index (χ1n) is 12.3. The molecule has 1 aliphatic rings. The minimum Gasteiger partial charge on any atom is -0.466 e. The van der Waals surface area contributed by atoms with E-state index in [1.165, 1.54) is 18.9 Å². The topological polar surface area (TPSA) is 79.5 Å². The molecule has 0 unspecified atom stereocenters. The molecule has 7 heteroatoms. The second-order valence-corrected chi connectivity index (χ2v) is 8.76. The molecule has 3 aromatic carbocycles. The Morgan fingerprint density at radius 3 is 2.24 bits per heavy atom. The minimum absolute atomic E-state index is 0.381. The van der Waals surface area contributed by atoms with Gasteiger partial charge in [0.15, 0.2) is 0 Å². The summed E-state index contributed by atoms with van der Waals surface area (Å²) in [4.78, 5) is 22.3. The third-order valence-corrected chi connectivity index (χ3v) is 6.48. The SMILES string of the molecule is CNc1ccc(-c2[nH]c(-c3ccc(C=CC(=O)OC)cc3)nc2-c2ccc(N3CCOCC3)cc2)cc1. The first-order valence-corrected chi connectivity index (χ1v) is 12.3. The van der Waals surface area contributed by atoms with E-state index in [1.807, 2.05) is 31.3 Å². The normalized spacial score (nSPS) is 13.6. The number of imidazole rings is 1. The third kappa shape index (κ3) is 5.57. The number of nitrogens with zero attached hydrogens (tertiary/aromatic N) is 2. The van der Waals surface area contributed by atoms with Crippen molar-refractivity contribution in [3.63, 3.8) is 0 Å². The van der Waals surface area contributed by atoms with Gasteiger partial charge in [-0.3, -0.25) is 0 Å². The molecule has 1 fully saturated rings. The number of hydrogen-bond acceptors (Lipinski definition) is 6. The lowest BCUT2D eigenvalue weighted by atomic mass is 10.0. The van der Waals surface area contributed by atoms with Crippen molar-refractivity contribution in [3.8, 4) is 33.9 Å². The van der Waals surface area contributed by atoms with Crippen molar-refractivity contribution in [1.29, 1.82) is 0 Å². The molecule has 37 heavy (non-hydrogen) atoms. The second kappa shape index (κ2) is 11.1. The Balaban J connectivity index is 1.49. The minimum atomic E-state index is -0.381. The molecule has 0 aliphatic carbocycles. The smallest absolute Gasteiger partial charge is 0.330 e. The maximum Gasteiger partial charge on any atom is 0.330 e. The fourth-order valence-electron chi connectivity index (χ4n) is 4.37. The van der Waals surface area contributed by atoms with Crippen molar-refractivity contribution in [2.45, 2.75) is 0 Å². The summed E-state index contributed by atoms with van der Waals surface area (Å²) in [6.45, 7) is 3.32. The first-order chi connectivity index (χ1) is 18.1. The summed E-state index contributed by atoms with van der Waals surface area (Å²) in [7, 11) is 3.28. The van der Waals surface area contributed by atoms with Crippen molar-refractivity contribution >= 4 is 23.4 Å². The highest BCUT2D eigenvalue weighted by atomic mass is 16.5. The lowest BCUT2D eigenvalue weighted by Gasteiger charge is -2.28. The number of carbonyl (C=O) groups excluding carboxylic acids is 1. The van der Waals surface area contributed by atoms with Crippen molar-refractivity contribution in [2.75, 3.05) is 50.7 Å². The monoisotopic (exact) mass is 494 g/mol. The number of hydrogen-bond donors (Lipinski definition) is 2. The molecule has 0 spiro atoms. The van der Waals surface area contributed by atoms with Gasteiger partial charge in [0.25, 0.3) is 0 Å². The summed E-state index contributed by atoms with van der Waals surface area (Å²) in [5.74, 6) is 0.400.